The molecule has 6 nitrogen and oxygen atoms in total. The number of thiophene rings is 1. The number of carbonyl (C=O) groups is 1. The van der Waals surface area contributed by atoms with Gasteiger partial charge in [0, 0.05) is 16.5 Å². The second kappa shape index (κ2) is 6.37. The largest absolute Gasteiger partial charge is 0.497 e. The van der Waals surface area contributed by atoms with Crippen LogP contribution in [0.4, 0.5) is 6.01 Å². The number of oxazole rings is 1. The molecule has 1 aromatic carbocycles. The number of pyridine rings is 1. The normalized spacial score (nSPS) is 10.8. The van der Waals surface area contributed by atoms with Crippen LogP contribution in [0, 0.1) is 0 Å². The predicted molar refractivity (Wildman–Crippen MR) is 96.1 cm³/mol. The van der Waals surface area contributed by atoms with Crippen LogP contribution in [0.5, 0.6) is 5.75 Å². The number of benzene rings is 1. The van der Waals surface area contributed by atoms with Crippen molar-refractivity contribution in [2.45, 2.75) is 0 Å². The quantitative estimate of drug-likeness (QED) is 0.596. The van der Waals surface area contributed by atoms with E-state index in [9.17, 15) is 4.79 Å². The van der Waals surface area contributed by atoms with Gasteiger partial charge in [0.2, 0.25) is 5.65 Å². The molecule has 4 aromatic rings. The second-order valence-electron chi connectivity index (χ2n) is 5.24. The third-order valence-electron chi connectivity index (χ3n) is 3.62. The summed E-state index contributed by atoms with van der Waals surface area (Å²) in [6.07, 6.45) is 0. The molecular weight excluding hydrogens is 338 g/mol. The van der Waals surface area contributed by atoms with E-state index in [2.05, 4.69) is 15.3 Å². The lowest BCUT2D eigenvalue weighted by Crippen LogP contribution is -2.12. The van der Waals surface area contributed by atoms with Crippen LogP contribution < -0.4 is 10.1 Å². The SMILES string of the molecule is COc1cccc(C(=O)Nc2nc3nc(-c4ccsc4)ccc3o2)c1. The fourth-order valence-electron chi connectivity index (χ4n) is 2.38. The van der Waals surface area contributed by atoms with Crippen LogP contribution in [0.2, 0.25) is 0 Å². The molecule has 0 radical (unpaired) electrons. The molecule has 0 unspecified atom stereocenters. The van der Waals surface area contributed by atoms with Gasteiger partial charge in [-0.1, -0.05) is 6.07 Å². The van der Waals surface area contributed by atoms with Crippen molar-refractivity contribution < 1.29 is 13.9 Å². The predicted octanol–water partition coefficient (Wildman–Crippen LogP) is 4.21. The lowest BCUT2D eigenvalue weighted by molar-refractivity contribution is 0.102. The Morgan fingerprint density at radius 1 is 1.20 bits per heavy atom. The molecule has 0 aliphatic rings. The Hall–Kier alpha value is -3.19. The Balaban J connectivity index is 1.60. The highest BCUT2D eigenvalue weighted by Crippen LogP contribution is 2.24. The zero-order chi connectivity index (χ0) is 17.2. The number of aromatic nitrogens is 2. The molecule has 25 heavy (non-hydrogen) atoms. The molecule has 3 heterocycles. The van der Waals surface area contributed by atoms with Gasteiger partial charge in [0.1, 0.15) is 5.75 Å². The molecule has 1 N–H and O–H groups in total. The van der Waals surface area contributed by atoms with E-state index in [1.165, 1.54) is 0 Å². The van der Waals surface area contributed by atoms with Gasteiger partial charge >= 0.3 is 6.01 Å². The van der Waals surface area contributed by atoms with E-state index in [4.69, 9.17) is 9.15 Å². The number of hydrogen-bond donors (Lipinski definition) is 1. The molecule has 0 fully saturated rings. The number of methoxy groups -OCH3 is 1. The van der Waals surface area contributed by atoms with Crippen molar-refractivity contribution in [3.05, 3.63) is 58.8 Å². The molecule has 1 amide bonds. The number of ether oxygens (including phenoxy) is 1. The van der Waals surface area contributed by atoms with E-state index < -0.39 is 0 Å². The third kappa shape index (κ3) is 3.09. The van der Waals surface area contributed by atoms with Gasteiger partial charge in [-0.3, -0.25) is 10.1 Å². The molecule has 0 bridgehead atoms. The van der Waals surface area contributed by atoms with Gasteiger partial charge in [-0.05, 0) is 41.8 Å². The number of fused-ring (bicyclic) bond motifs is 1. The summed E-state index contributed by atoms with van der Waals surface area (Å²) in [5.41, 5.74) is 3.25. The van der Waals surface area contributed by atoms with Crippen molar-refractivity contribution in [1.29, 1.82) is 0 Å². The Kier molecular flexibility index (Phi) is 3.91. The van der Waals surface area contributed by atoms with Crippen molar-refractivity contribution in [3.8, 4) is 17.0 Å². The lowest BCUT2D eigenvalue weighted by atomic mass is 10.2. The minimum Gasteiger partial charge on any atom is -0.497 e. The van der Waals surface area contributed by atoms with Crippen molar-refractivity contribution in [2.75, 3.05) is 12.4 Å². The van der Waals surface area contributed by atoms with Gasteiger partial charge in [0.25, 0.3) is 5.91 Å². The average Bonchev–Trinajstić information content (AvgIpc) is 3.30. The zero-order valence-electron chi connectivity index (χ0n) is 13.2. The fraction of sp³-hybridized carbons (Fsp3) is 0.0556. The van der Waals surface area contributed by atoms with Gasteiger partial charge in [-0.15, -0.1) is 0 Å². The molecule has 124 valence electrons. The van der Waals surface area contributed by atoms with Crippen LogP contribution in [0.25, 0.3) is 22.5 Å². The third-order valence-corrected chi connectivity index (χ3v) is 4.31. The van der Waals surface area contributed by atoms with Crippen LogP contribution >= 0.6 is 11.3 Å². The summed E-state index contributed by atoms with van der Waals surface area (Å²) < 4.78 is 10.7. The van der Waals surface area contributed by atoms with Crippen molar-refractivity contribution >= 4 is 34.5 Å². The first kappa shape index (κ1) is 15.3. The standard InChI is InChI=1S/C18H13N3O3S/c1-23-13-4-2-3-11(9-13)17(22)21-18-20-16-15(24-18)6-5-14(19-16)12-7-8-25-10-12/h2-10H,1H3,(H,19,20,21,22). The lowest BCUT2D eigenvalue weighted by Gasteiger charge is -2.03. The molecule has 7 heteroatoms. The highest BCUT2D eigenvalue weighted by atomic mass is 32.1. The van der Waals surface area contributed by atoms with E-state index in [-0.39, 0.29) is 11.9 Å². The number of nitrogens with one attached hydrogen (secondary N) is 1. The summed E-state index contributed by atoms with van der Waals surface area (Å²) in [4.78, 5) is 21.1. The summed E-state index contributed by atoms with van der Waals surface area (Å²) in [6, 6.07) is 12.6. The average molecular weight is 351 g/mol. The first-order valence-electron chi connectivity index (χ1n) is 7.48. The molecule has 0 atom stereocenters. The number of hydrogen-bond acceptors (Lipinski definition) is 6. The number of anilines is 1. The zero-order valence-corrected chi connectivity index (χ0v) is 14.0. The number of carbonyl (C=O) groups excluding carboxylic acids is 1. The Bertz CT molecular complexity index is 1040. The first-order chi connectivity index (χ1) is 12.2. The van der Waals surface area contributed by atoms with Crippen LogP contribution in [-0.4, -0.2) is 23.0 Å². The molecule has 0 aliphatic heterocycles. The molecular formula is C18H13N3O3S. The minimum absolute atomic E-state index is 0.109. The number of amides is 1. The second-order valence-corrected chi connectivity index (χ2v) is 6.02. The molecule has 4 rings (SSSR count). The van der Waals surface area contributed by atoms with Gasteiger partial charge < -0.3 is 9.15 Å². The number of nitrogens with zero attached hydrogens (tertiary/aromatic N) is 2. The first-order valence-corrected chi connectivity index (χ1v) is 8.43. The van der Waals surface area contributed by atoms with Gasteiger partial charge in [0.05, 0.1) is 12.8 Å². The summed E-state index contributed by atoms with van der Waals surface area (Å²) >= 11 is 1.60. The fourth-order valence-corrected chi connectivity index (χ4v) is 3.03. The molecule has 0 saturated carbocycles. The summed E-state index contributed by atoms with van der Waals surface area (Å²) in [5, 5.41) is 6.65. The molecule has 0 aliphatic carbocycles. The summed E-state index contributed by atoms with van der Waals surface area (Å²) in [5.74, 6) is 0.274. The topological polar surface area (TPSA) is 77.2 Å². The van der Waals surface area contributed by atoms with Crippen molar-refractivity contribution in [1.82, 2.24) is 9.97 Å². The molecule has 0 spiro atoms. The number of rotatable bonds is 4. The van der Waals surface area contributed by atoms with E-state index in [1.54, 1.807) is 48.8 Å². The van der Waals surface area contributed by atoms with E-state index in [0.717, 1.165) is 11.3 Å². The van der Waals surface area contributed by atoms with Gasteiger partial charge in [0.15, 0.2) is 5.58 Å². The monoisotopic (exact) mass is 351 g/mol. The maximum absolute atomic E-state index is 12.3. The Morgan fingerprint density at radius 3 is 2.92 bits per heavy atom. The van der Waals surface area contributed by atoms with Crippen molar-refractivity contribution in [3.63, 3.8) is 0 Å². The highest BCUT2D eigenvalue weighted by Gasteiger charge is 2.13. The summed E-state index contributed by atoms with van der Waals surface area (Å²) in [7, 11) is 1.55. The van der Waals surface area contributed by atoms with E-state index in [0.29, 0.717) is 22.5 Å². The van der Waals surface area contributed by atoms with E-state index in [1.807, 2.05) is 22.9 Å². The van der Waals surface area contributed by atoms with Gasteiger partial charge in [-0.25, -0.2) is 4.98 Å². The van der Waals surface area contributed by atoms with Crippen LogP contribution in [-0.2, 0) is 0 Å². The minimum atomic E-state index is -0.330. The molecule has 0 saturated heterocycles. The van der Waals surface area contributed by atoms with Gasteiger partial charge in [-0.2, -0.15) is 16.3 Å². The Morgan fingerprint density at radius 2 is 2.12 bits per heavy atom. The van der Waals surface area contributed by atoms with Crippen molar-refractivity contribution in [2.24, 2.45) is 0 Å². The van der Waals surface area contributed by atoms with Crippen LogP contribution in [0.3, 0.4) is 0 Å². The molecule has 3 aromatic heterocycles. The van der Waals surface area contributed by atoms with Crippen LogP contribution in [0.1, 0.15) is 10.4 Å². The highest BCUT2D eigenvalue weighted by molar-refractivity contribution is 7.08. The summed E-state index contributed by atoms with van der Waals surface area (Å²) in [6.45, 7) is 0. The maximum atomic E-state index is 12.3. The maximum Gasteiger partial charge on any atom is 0.304 e. The van der Waals surface area contributed by atoms with Crippen LogP contribution in [0.15, 0.2) is 57.6 Å². The Labute approximate surface area is 147 Å². The smallest absolute Gasteiger partial charge is 0.304 e. The van der Waals surface area contributed by atoms with E-state index >= 15 is 0 Å².